The number of benzene rings is 1. The van der Waals surface area contributed by atoms with Crippen LogP contribution in [0, 0.1) is 5.92 Å². The van der Waals surface area contributed by atoms with Crippen molar-refractivity contribution in [3.63, 3.8) is 0 Å². The van der Waals surface area contributed by atoms with Crippen LogP contribution in [0.4, 0.5) is 0 Å². The maximum atomic E-state index is 12.6. The lowest BCUT2D eigenvalue weighted by Gasteiger charge is -2.17. The molecule has 8 heteroatoms. The van der Waals surface area contributed by atoms with Crippen molar-refractivity contribution in [2.75, 3.05) is 26.8 Å². The van der Waals surface area contributed by atoms with Gasteiger partial charge < -0.3 is 14.1 Å². The third kappa shape index (κ3) is 4.51. The molecule has 1 aromatic heterocycles. The molecular weight excluding hydrogens is 356 g/mol. The number of sulfonamides is 1. The number of furan rings is 1. The van der Waals surface area contributed by atoms with E-state index in [1.807, 2.05) is 0 Å². The number of nitrogens with one attached hydrogen (secondary N) is 1. The number of ether oxygens (including phenoxy) is 1. The highest BCUT2D eigenvalue weighted by Gasteiger charge is 2.21. The van der Waals surface area contributed by atoms with Crippen molar-refractivity contribution in [1.82, 2.24) is 9.62 Å². The van der Waals surface area contributed by atoms with Crippen molar-refractivity contribution in [3.05, 3.63) is 54.0 Å². The number of hydrogen-bond acceptors (Lipinski definition) is 5. The van der Waals surface area contributed by atoms with Crippen molar-refractivity contribution in [2.24, 2.45) is 5.92 Å². The Labute approximate surface area is 153 Å². The molecule has 1 aliphatic rings. The van der Waals surface area contributed by atoms with Crippen molar-refractivity contribution >= 4 is 15.9 Å². The van der Waals surface area contributed by atoms with Gasteiger partial charge in [-0.15, -0.1) is 0 Å². The maximum absolute atomic E-state index is 12.6. The predicted octanol–water partition coefficient (Wildman–Crippen LogP) is 1.87. The first-order valence-corrected chi connectivity index (χ1v) is 9.88. The summed E-state index contributed by atoms with van der Waals surface area (Å²) in [6, 6.07) is 7.85. The van der Waals surface area contributed by atoms with E-state index < -0.39 is 10.0 Å². The minimum Gasteiger partial charge on any atom is -0.472 e. The normalized spacial score (nSPS) is 17.3. The summed E-state index contributed by atoms with van der Waals surface area (Å²) in [7, 11) is -2.01. The van der Waals surface area contributed by atoms with Crippen molar-refractivity contribution in [1.29, 1.82) is 0 Å². The second kappa shape index (κ2) is 8.03. The Hall–Kier alpha value is -2.16. The average Bonchev–Trinajstić information content (AvgIpc) is 3.33. The lowest BCUT2D eigenvalue weighted by atomic mass is 10.1. The minimum absolute atomic E-state index is 0.0824. The Morgan fingerprint density at radius 3 is 2.88 bits per heavy atom. The molecule has 0 unspecified atom stereocenters. The fraction of sp³-hybridized carbons (Fsp3) is 0.389. The standard InChI is InChI=1S/C18H22N2O5S/c1-20(11-15-6-8-25-13-15)18(21)16-3-2-4-17(9-16)26(22,23)19-10-14-5-7-24-12-14/h2-4,6,8-9,13-14,19H,5,7,10-12H2,1H3/t14-/m1/s1. The zero-order valence-corrected chi connectivity index (χ0v) is 15.4. The van der Waals surface area contributed by atoms with Gasteiger partial charge in [0.15, 0.2) is 0 Å². The molecule has 1 fully saturated rings. The van der Waals surface area contributed by atoms with Gasteiger partial charge in [0.25, 0.3) is 5.91 Å². The molecule has 0 saturated carbocycles. The molecule has 1 amide bonds. The molecule has 0 spiro atoms. The molecule has 140 valence electrons. The van der Waals surface area contributed by atoms with Gasteiger partial charge in [0, 0.05) is 37.9 Å². The summed E-state index contributed by atoms with van der Waals surface area (Å²) in [6.07, 6.45) is 3.96. The number of carbonyl (C=O) groups is 1. The Kier molecular flexibility index (Phi) is 5.75. The monoisotopic (exact) mass is 378 g/mol. The Morgan fingerprint density at radius 1 is 1.35 bits per heavy atom. The zero-order chi connectivity index (χ0) is 18.6. The zero-order valence-electron chi connectivity index (χ0n) is 14.6. The quantitative estimate of drug-likeness (QED) is 0.794. The molecular formula is C18H22N2O5S. The molecule has 7 nitrogen and oxygen atoms in total. The van der Waals surface area contributed by atoms with E-state index in [4.69, 9.17) is 9.15 Å². The van der Waals surface area contributed by atoms with Crippen molar-refractivity contribution in [3.8, 4) is 0 Å². The van der Waals surface area contributed by atoms with E-state index in [0.29, 0.717) is 31.9 Å². The van der Waals surface area contributed by atoms with Gasteiger partial charge in [0.2, 0.25) is 10.0 Å². The molecule has 2 heterocycles. The molecule has 0 bridgehead atoms. The number of amides is 1. The third-order valence-corrected chi connectivity index (χ3v) is 5.75. The third-order valence-electron chi connectivity index (χ3n) is 4.32. The van der Waals surface area contributed by atoms with Gasteiger partial charge in [-0.2, -0.15) is 0 Å². The lowest BCUT2D eigenvalue weighted by Crippen LogP contribution is -2.30. The molecule has 1 N–H and O–H groups in total. The lowest BCUT2D eigenvalue weighted by molar-refractivity contribution is 0.0784. The second-order valence-corrected chi connectivity index (χ2v) is 8.17. The van der Waals surface area contributed by atoms with E-state index in [2.05, 4.69) is 4.72 Å². The summed E-state index contributed by atoms with van der Waals surface area (Å²) in [6.45, 7) is 1.95. The topological polar surface area (TPSA) is 88.9 Å². The van der Waals surface area contributed by atoms with Gasteiger partial charge in [-0.25, -0.2) is 13.1 Å². The minimum atomic E-state index is -3.67. The van der Waals surface area contributed by atoms with Crippen LogP contribution in [0.5, 0.6) is 0 Å². The van der Waals surface area contributed by atoms with Crippen LogP contribution in [0.15, 0.2) is 52.2 Å². The first-order valence-electron chi connectivity index (χ1n) is 8.40. The molecule has 1 aromatic carbocycles. The van der Waals surface area contributed by atoms with Crippen LogP contribution in [-0.2, 0) is 21.3 Å². The molecule has 0 aliphatic carbocycles. The SMILES string of the molecule is CN(Cc1ccoc1)C(=O)c1cccc(S(=O)(=O)NC[C@H]2CCOC2)c1. The average molecular weight is 378 g/mol. The molecule has 1 atom stereocenters. The van der Waals surface area contributed by atoms with Crippen LogP contribution in [0.3, 0.4) is 0 Å². The Morgan fingerprint density at radius 2 is 2.19 bits per heavy atom. The first kappa shape index (κ1) is 18.6. The van der Waals surface area contributed by atoms with E-state index in [0.717, 1.165) is 12.0 Å². The summed E-state index contributed by atoms with van der Waals surface area (Å²) in [4.78, 5) is 14.2. The van der Waals surface area contributed by atoms with Gasteiger partial charge in [-0.05, 0) is 36.6 Å². The van der Waals surface area contributed by atoms with E-state index in [-0.39, 0.29) is 16.7 Å². The van der Waals surface area contributed by atoms with Gasteiger partial charge in [-0.1, -0.05) is 6.07 Å². The van der Waals surface area contributed by atoms with E-state index in [1.165, 1.54) is 17.0 Å². The summed E-state index contributed by atoms with van der Waals surface area (Å²) in [5.74, 6) is -0.0666. The summed E-state index contributed by atoms with van der Waals surface area (Å²) in [5, 5.41) is 0. The van der Waals surface area contributed by atoms with Crippen LogP contribution in [0.1, 0.15) is 22.3 Å². The number of carbonyl (C=O) groups excluding carboxylic acids is 1. The van der Waals surface area contributed by atoms with Crippen molar-refractivity contribution < 1.29 is 22.4 Å². The molecule has 3 rings (SSSR count). The molecule has 26 heavy (non-hydrogen) atoms. The van der Waals surface area contributed by atoms with Crippen molar-refractivity contribution in [2.45, 2.75) is 17.9 Å². The number of hydrogen-bond donors (Lipinski definition) is 1. The first-order chi connectivity index (χ1) is 12.5. The highest BCUT2D eigenvalue weighted by Crippen LogP contribution is 2.16. The summed E-state index contributed by atoms with van der Waals surface area (Å²) < 4.78 is 37.9. The highest BCUT2D eigenvalue weighted by molar-refractivity contribution is 7.89. The molecule has 0 radical (unpaired) electrons. The van der Waals surface area contributed by atoms with Gasteiger partial charge in [-0.3, -0.25) is 4.79 Å². The Balaban J connectivity index is 1.69. The van der Waals surface area contributed by atoms with Gasteiger partial charge >= 0.3 is 0 Å². The predicted molar refractivity (Wildman–Crippen MR) is 95.1 cm³/mol. The summed E-state index contributed by atoms with van der Waals surface area (Å²) >= 11 is 0. The number of nitrogens with zero attached hydrogens (tertiary/aromatic N) is 1. The number of rotatable bonds is 7. The highest BCUT2D eigenvalue weighted by atomic mass is 32.2. The summed E-state index contributed by atoms with van der Waals surface area (Å²) in [5.41, 5.74) is 1.19. The van der Waals surface area contributed by atoms with Crippen LogP contribution < -0.4 is 4.72 Å². The van der Waals surface area contributed by atoms with E-state index in [1.54, 1.807) is 37.8 Å². The molecule has 2 aromatic rings. The molecule has 1 saturated heterocycles. The molecule has 1 aliphatic heterocycles. The fourth-order valence-electron chi connectivity index (χ4n) is 2.80. The maximum Gasteiger partial charge on any atom is 0.253 e. The van der Waals surface area contributed by atoms with Crippen LogP contribution in [-0.4, -0.2) is 46.0 Å². The van der Waals surface area contributed by atoms with Crippen LogP contribution in [0.2, 0.25) is 0 Å². The van der Waals surface area contributed by atoms with E-state index in [9.17, 15) is 13.2 Å². The second-order valence-electron chi connectivity index (χ2n) is 6.40. The Bertz CT molecular complexity index is 842. The fourth-order valence-corrected chi connectivity index (χ4v) is 3.96. The van der Waals surface area contributed by atoms with Crippen LogP contribution in [0.25, 0.3) is 0 Å². The van der Waals surface area contributed by atoms with Crippen LogP contribution >= 0.6 is 0 Å². The van der Waals surface area contributed by atoms with Gasteiger partial charge in [0.05, 0.1) is 24.0 Å². The van der Waals surface area contributed by atoms with Gasteiger partial charge in [0.1, 0.15) is 0 Å². The smallest absolute Gasteiger partial charge is 0.253 e. The van der Waals surface area contributed by atoms with E-state index >= 15 is 0 Å². The largest absolute Gasteiger partial charge is 0.472 e.